The van der Waals surface area contributed by atoms with Crippen molar-refractivity contribution in [2.45, 2.75) is 32.6 Å². The molecule has 1 aromatic heterocycles. The van der Waals surface area contributed by atoms with E-state index in [1.165, 1.54) is 11.3 Å². The van der Waals surface area contributed by atoms with Gasteiger partial charge in [-0.2, -0.15) is 5.10 Å². The van der Waals surface area contributed by atoms with Crippen LogP contribution >= 0.6 is 0 Å². The molecule has 6 nitrogen and oxygen atoms in total. The minimum Gasteiger partial charge on any atom is -0.383 e. The molecule has 2 N–H and O–H groups in total. The van der Waals surface area contributed by atoms with Crippen molar-refractivity contribution < 1.29 is 9.53 Å². The molecular formula is C20H28N4O2. The van der Waals surface area contributed by atoms with Crippen molar-refractivity contribution in [2.75, 3.05) is 33.4 Å². The Morgan fingerprint density at radius 3 is 2.73 bits per heavy atom. The molecule has 1 aromatic carbocycles. The number of hydrogen-bond acceptors (Lipinski definition) is 4. The molecule has 1 aliphatic rings. The van der Waals surface area contributed by atoms with Gasteiger partial charge < -0.3 is 15.4 Å². The van der Waals surface area contributed by atoms with E-state index >= 15 is 0 Å². The summed E-state index contributed by atoms with van der Waals surface area (Å²) >= 11 is 0. The van der Waals surface area contributed by atoms with Crippen LogP contribution in [0.1, 0.15) is 40.7 Å². The Bertz CT molecular complexity index is 737. The van der Waals surface area contributed by atoms with E-state index in [0.717, 1.165) is 50.0 Å². The number of aromatic nitrogens is 2. The Morgan fingerprint density at radius 1 is 1.19 bits per heavy atom. The largest absolute Gasteiger partial charge is 0.383 e. The molecule has 2 aromatic rings. The molecule has 0 unspecified atom stereocenters. The monoisotopic (exact) mass is 356 g/mol. The third-order valence-corrected chi connectivity index (χ3v) is 4.80. The summed E-state index contributed by atoms with van der Waals surface area (Å²) in [4.78, 5) is 12.6. The molecule has 1 aliphatic carbocycles. The summed E-state index contributed by atoms with van der Waals surface area (Å²) in [5.41, 5.74) is 5.19. The molecule has 0 bridgehead atoms. The van der Waals surface area contributed by atoms with E-state index < -0.39 is 0 Å². The van der Waals surface area contributed by atoms with Crippen LogP contribution in [0.5, 0.6) is 0 Å². The van der Waals surface area contributed by atoms with Gasteiger partial charge in [-0.3, -0.25) is 4.79 Å². The molecule has 0 fully saturated rings. The lowest BCUT2D eigenvalue weighted by molar-refractivity contribution is 0.0947. The first-order chi connectivity index (χ1) is 12.7. The molecule has 140 valence electrons. The first kappa shape index (κ1) is 18.6. The van der Waals surface area contributed by atoms with Crippen molar-refractivity contribution in [2.24, 2.45) is 0 Å². The van der Waals surface area contributed by atoms with Crippen LogP contribution in [0.25, 0.3) is 5.69 Å². The predicted octanol–water partition coefficient (Wildman–Crippen LogP) is 1.89. The van der Waals surface area contributed by atoms with Crippen molar-refractivity contribution in [1.29, 1.82) is 0 Å². The highest BCUT2D eigenvalue weighted by Crippen LogP contribution is 2.27. The van der Waals surface area contributed by atoms with Gasteiger partial charge in [0, 0.05) is 38.0 Å². The zero-order valence-electron chi connectivity index (χ0n) is 15.7. The van der Waals surface area contributed by atoms with Gasteiger partial charge >= 0.3 is 0 Å². The topological polar surface area (TPSA) is 68.2 Å². The van der Waals surface area contributed by atoms with Gasteiger partial charge in [0.15, 0.2) is 5.69 Å². The highest BCUT2D eigenvalue weighted by molar-refractivity contribution is 5.94. The summed E-state index contributed by atoms with van der Waals surface area (Å²) in [7, 11) is 1.68. The van der Waals surface area contributed by atoms with Crippen molar-refractivity contribution in [3.8, 4) is 5.69 Å². The first-order valence-corrected chi connectivity index (χ1v) is 9.42. The minimum atomic E-state index is -0.0828. The molecule has 0 spiro atoms. The highest BCUT2D eigenvalue weighted by Gasteiger charge is 2.26. The van der Waals surface area contributed by atoms with E-state index in [1.807, 2.05) is 4.68 Å². The molecule has 6 heteroatoms. The van der Waals surface area contributed by atoms with Crippen LogP contribution in [0.15, 0.2) is 24.3 Å². The van der Waals surface area contributed by atoms with Crippen LogP contribution in [0.4, 0.5) is 0 Å². The normalized spacial score (nSPS) is 13.0. The van der Waals surface area contributed by atoms with Crippen LogP contribution in [-0.4, -0.2) is 49.0 Å². The van der Waals surface area contributed by atoms with Crippen molar-refractivity contribution >= 4 is 5.91 Å². The maximum Gasteiger partial charge on any atom is 0.272 e. The number of carbonyl (C=O) groups excluding carboxylic acids is 1. The van der Waals surface area contributed by atoms with Gasteiger partial charge in [-0.15, -0.1) is 0 Å². The van der Waals surface area contributed by atoms with Gasteiger partial charge in [-0.1, -0.05) is 19.1 Å². The van der Waals surface area contributed by atoms with Gasteiger partial charge in [0.2, 0.25) is 0 Å². The maximum atomic E-state index is 12.6. The minimum absolute atomic E-state index is 0.0828. The third kappa shape index (κ3) is 4.14. The quantitative estimate of drug-likeness (QED) is 0.673. The van der Waals surface area contributed by atoms with Gasteiger partial charge in [-0.05, 0) is 43.4 Å². The summed E-state index contributed by atoms with van der Waals surface area (Å²) in [5.74, 6) is -0.0828. The predicted molar refractivity (Wildman–Crippen MR) is 102 cm³/mol. The molecule has 0 radical (unpaired) electrons. The van der Waals surface area contributed by atoms with Gasteiger partial charge in [0.1, 0.15) is 0 Å². The Hall–Kier alpha value is -2.18. The molecule has 0 aliphatic heterocycles. The SMILES string of the molecule is CCc1ccc(-n2nc(C(=O)NCCNCCOC)c3c2CCC3)cc1. The van der Waals surface area contributed by atoms with Crippen LogP contribution in [-0.2, 0) is 24.0 Å². The number of amides is 1. The molecule has 1 amide bonds. The fourth-order valence-corrected chi connectivity index (χ4v) is 3.35. The second-order valence-electron chi connectivity index (χ2n) is 6.56. The average molecular weight is 356 g/mol. The highest BCUT2D eigenvalue weighted by atomic mass is 16.5. The van der Waals surface area contributed by atoms with E-state index in [4.69, 9.17) is 4.74 Å². The van der Waals surface area contributed by atoms with Crippen LogP contribution in [0.3, 0.4) is 0 Å². The summed E-state index contributed by atoms with van der Waals surface area (Å²) in [6.45, 7) is 4.89. The van der Waals surface area contributed by atoms with E-state index in [-0.39, 0.29) is 5.91 Å². The standard InChI is InChI=1S/C20H28N4O2/c1-3-15-7-9-16(10-8-15)24-18-6-4-5-17(18)19(23-24)20(25)22-12-11-21-13-14-26-2/h7-10,21H,3-6,11-14H2,1-2H3,(H,22,25). The fourth-order valence-electron chi connectivity index (χ4n) is 3.35. The van der Waals surface area contributed by atoms with Crippen LogP contribution in [0.2, 0.25) is 0 Å². The number of aryl methyl sites for hydroxylation is 1. The smallest absolute Gasteiger partial charge is 0.272 e. The van der Waals surface area contributed by atoms with Crippen molar-refractivity contribution in [3.05, 3.63) is 46.8 Å². The Kier molecular flexibility index (Phi) is 6.41. The molecule has 1 heterocycles. The summed E-state index contributed by atoms with van der Waals surface area (Å²) in [5, 5.41) is 10.8. The molecular weight excluding hydrogens is 328 g/mol. The number of ether oxygens (including phenoxy) is 1. The second kappa shape index (κ2) is 8.96. The number of nitrogens with one attached hydrogen (secondary N) is 2. The zero-order chi connectivity index (χ0) is 18.4. The lowest BCUT2D eigenvalue weighted by Crippen LogP contribution is -2.33. The van der Waals surface area contributed by atoms with Gasteiger partial charge in [0.05, 0.1) is 12.3 Å². The van der Waals surface area contributed by atoms with E-state index in [0.29, 0.717) is 18.8 Å². The lowest BCUT2D eigenvalue weighted by Gasteiger charge is -2.07. The van der Waals surface area contributed by atoms with Gasteiger partial charge in [0.25, 0.3) is 5.91 Å². The molecule has 0 saturated carbocycles. The number of fused-ring (bicyclic) bond motifs is 1. The molecule has 0 saturated heterocycles. The Labute approximate surface area is 154 Å². The molecule has 0 atom stereocenters. The van der Waals surface area contributed by atoms with Crippen molar-refractivity contribution in [1.82, 2.24) is 20.4 Å². The maximum absolute atomic E-state index is 12.6. The second-order valence-corrected chi connectivity index (χ2v) is 6.56. The summed E-state index contributed by atoms with van der Waals surface area (Å²) < 4.78 is 6.94. The number of nitrogens with zero attached hydrogens (tertiary/aromatic N) is 2. The number of carbonyl (C=O) groups is 1. The number of rotatable bonds is 9. The number of hydrogen-bond donors (Lipinski definition) is 2. The van der Waals surface area contributed by atoms with Gasteiger partial charge in [-0.25, -0.2) is 4.68 Å². The van der Waals surface area contributed by atoms with Crippen LogP contribution in [0, 0.1) is 0 Å². The average Bonchev–Trinajstić information content (AvgIpc) is 3.27. The number of methoxy groups -OCH3 is 1. The number of benzene rings is 1. The molecule has 26 heavy (non-hydrogen) atoms. The molecule has 3 rings (SSSR count). The Balaban J connectivity index is 1.69. The Morgan fingerprint density at radius 2 is 2.00 bits per heavy atom. The zero-order valence-corrected chi connectivity index (χ0v) is 15.7. The lowest BCUT2D eigenvalue weighted by atomic mass is 10.1. The third-order valence-electron chi connectivity index (χ3n) is 4.80. The van der Waals surface area contributed by atoms with E-state index in [2.05, 4.69) is 46.9 Å². The van der Waals surface area contributed by atoms with E-state index in [1.54, 1.807) is 7.11 Å². The summed E-state index contributed by atoms with van der Waals surface area (Å²) in [6, 6.07) is 8.44. The summed E-state index contributed by atoms with van der Waals surface area (Å²) in [6.07, 6.45) is 4.00. The first-order valence-electron chi connectivity index (χ1n) is 9.42. The van der Waals surface area contributed by atoms with Crippen LogP contribution < -0.4 is 10.6 Å². The van der Waals surface area contributed by atoms with E-state index in [9.17, 15) is 4.79 Å². The van der Waals surface area contributed by atoms with Crippen molar-refractivity contribution in [3.63, 3.8) is 0 Å². The fraction of sp³-hybridized carbons (Fsp3) is 0.500.